The molecule has 2 aliphatic rings. The third-order valence-electron chi connectivity index (χ3n) is 3.81. The van der Waals surface area contributed by atoms with Crippen molar-refractivity contribution in [2.75, 3.05) is 0 Å². The van der Waals surface area contributed by atoms with Crippen LogP contribution in [-0.2, 0) is 20.8 Å². The molecule has 0 bridgehead atoms. The zero-order valence-corrected chi connectivity index (χ0v) is 16.7. The molecule has 0 nitrogen and oxygen atoms in total. The number of rotatable bonds is 0. The van der Waals surface area contributed by atoms with E-state index in [-0.39, 0.29) is 0 Å². The van der Waals surface area contributed by atoms with Gasteiger partial charge in [-0.1, -0.05) is 71.8 Å². The van der Waals surface area contributed by atoms with Gasteiger partial charge >= 0.3 is 37.9 Å². The molecular formula is C20H18Cl2Zr. The fourth-order valence-corrected chi connectivity index (χ4v) is 2.65. The average molecular weight is 420 g/mol. The molecule has 0 N–H and O–H groups in total. The van der Waals surface area contributed by atoms with Gasteiger partial charge in [0, 0.05) is 0 Å². The fraction of sp³-hybridized carbons (Fsp3) is 0.100. The minimum absolute atomic E-state index is 0.371. The molecule has 23 heavy (non-hydrogen) atoms. The fourth-order valence-electron chi connectivity index (χ4n) is 2.65. The minimum atomic E-state index is -0.826. The molecule has 2 aromatic carbocycles. The topological polar surface area (TPSA) is 0 Å². The van der Waals surface area contributed by atoms with E-state index in [2.05, 4.69) is 86.7 Å². The van der Waals surface area contributed by atoms with Crippen molar-refractivity contribution in [2.24, 2.45) is 0 Å². The summed E-state index contributed by atoms with van der Waals surface area (Å²) < 4.78 is 0. The second kappa shape index (κ2) is 9.62. The van der Waals surface area contributed by atoms with Crippen molar-refractivity contribution in [3.63, 3.8) is 0 Å². The zero-order valence-electron chi connectivity index (χ0n) is 12.8. The van der Waals surface area contributed by atoms with Crippen LogP contribution in [0.25, 0.3) is 12.2 Å². The van der Waals surface area contributed by atoms with Gasteiger partial charge in [0.25, 0.3) is 0 Å². The van der Waals surface area contributed by atoms with Crippen LogP contribution in [0.3, 0.4) is 0 Å². The van der Waals surface area contributed by atoms with Crippen molar-refractivity contribution in [3.05, 3.63) is 96.8 Å². The molecular weight excluding hydrogens is 402 g/mol. The first-order chi connectivity index (χ1) is 11.2. The van der Waals surface area contributed by atoms with E-state index in [9.17, 15) is 0 Å². The summed E-state index contributed by atoms with van der Waals surface area (Å²) in [6.45, 7) is 7.98. The summed E-state index contributed by atoms with van der Waals surface area (Å²) in [5.41, 5.74) is 5.34. The molecule has 0 heterocycles. The van der Waals surface area contributed by atoms with Crippen LogP contribution in [0.15, 0.2) is 60.7 Å². The molecule has 2 aromatic rings. The van der Waals surface area contributed by atoms with Crippen LogP contribution in [0.4, 0.5) is 0 Å². The summed E-state index contributed by atoms with van der Waals surface area (Å²) in [5.74, 6) is 0.743. The maximum atomic E-state index is 4.93. The Morgan fingerprint density at radius 2 is 1.04 bits per heavy atom. The van der Waals surface area contributed by atoms with Gasteiger partial charge in [0.1, 0.15) is 0 Å². The first kappa shape index (κ1) is 18.7. The van der Waals surface area contributed by atoms with Crippen molar-refractivity contribution in [1.29, 1.82) is 0 Å². The zero-order chi connectivity index (χ0) is 16.7. The van der Waals surface area contributed by atoms with Crippen molar-refractivity contribution in [1.82, 2.24) is 0 Å². The van der Waals surface area contributed by atoms with Crippen LogP contribution in [0.1, 0.15) is 34.1 Å². The van der Waals surface area contributed by atoms with Gasteiger partial charge in [-0.2, -0.15) is 0 Å². The number of halogens is 2. The maximum absolute atomic E-state index is 4.93. The number of hydrogen-bond acceptors (Lipinski definition) is 0. The Morgan fingerprint density at radius 1 is 0.696 bits per heavy atom. The summed E-state index contributed by atoms with van der Waals surface area (Å²) >= 11 is -0.826. The van der Waals surface area contributed by atoms with E-state index < -0.39 is 20.8 Å². The van der Waals surface area contributed by atoms with E-state index in [4.69, 9.17) is 17.0 Å². The van der Waals surface area contributed by atoms with Crippen molar-refractivity contribution < 1.29 is 20.8 Å². The molecule has 0 saturated heterocycles. The Kier molecular flexibility index (Phi) is 7.83. The standard InChI is InChI=1S/2C10H9.2ClH.Zr/c2*1-8-6-7-9-4-2-3-5-10(8)9;;;/h2*2-8H,1H2;2*1H;/q2*-1;;;+4/p-2. The molecule has 0 fully saturated rings. The Labute approximate surface area is 157 Å². The summed E-state index contributed by atoms with van der Waals surface area (Å²) in [4.78, 5) is 0. The number of hydrogen-bond donors (Lipinski definition) is 0. The van der Waals surface area contributed by atoms with Crippen LogP contribution >= 0.6 is 17.0 Å². The third-order valence-corrected chi connectivity index (χ3v) is 3.81. The first-order valence-electron chi connectivity index (χ1n) is 7.34. The van der Waals surface area contributed by atoms with Crippen LogP contribution < -0.4 is 0 Å². The van der Waals surface area contributed by atoms with Crippen LogP contribution in [0.5, 0.6) is 0 Å². The second-order valence-corrected chi connectivity index (χ2v) is 8.99. The van der Waals surface area contributed by atoms with Crippen LogP contribution in [-0.4, -0.2) is 0 Å². The molecule has 0 amide bonds. The molecule has 0 aromatic heterocycles. The molecule has 2 atom stereocenters. The van der Waals surface area contributed by atoms with Gasteiger partial charge in [0.15, 0.2) is 0 Å². The van der Waals surface area contributed by atoms with E-state index in [1.807, 2.05) is 0 Å². The van der Waals surface area contributed by atoms with Crippen LogP contribution in [0.2, 0.25) is 0 Å². The molecule has 0 saturated carbocycles. The summed E-state index contributed by atoms with van der Waals surface area (Å²) in [5, 5.41) is 0. The van der Waals surface area contributed by atoms with E-state index in [0.29, 0.717) is 11.8 Å². The molecule has 3 heteroatoms. The van der Waals surface area contributed by atoms with Gasteiger partial charge in [0.05, 0.1) is 0 Å². The van der Waals surface area contributed by atoms with Crippen LogP contribution in [0, 0.1) is 13.8 Å². The third kappa shape index (κ3) is 5.18. The summed E-state index contributed by atoms with van der Waals surface area (Å²) in [7, 11) is 9.87. The van der Waals surface area contributed by atoms with E-state index in [1.54, 1.807) is 0 Å². The molecule has 116 valence electrons. The molecule has 2 aliphatic carbocycles. The Hall–Kier alpha value is -0.617. The predicted molar refractivity (Wildman–Crippen MR) is 98.9 cm³/mol. The van der Waals surface area contributed by atoms with Gasteiger partial charge in [-0.3, -0.25) is 0 Å². The first-order valence-corrected chi connectivity index (χ1v) is 13.7. The van der Waals surface area contributed by atoms with Crippen molar-refractivity contribution >= 4 is 29.2 Å². The molecule has 0 spiro atoms. The molecule has 4 rings (SSSR count). The Balaban J connectivity index is 0.000000143. The van der Waals surface area contributed by atoms with E-state index >= 15 is 0 Å². The average Bonchev–Trinajstić information content (AvgIpc) is 3.14. The Morgan fingerprint density at radius 3 is 1.39 bits per heavy atom. The van der Waals surface area contributed by atoms with Gasteiger partial charge in [-0.25, -0.2) is 0 Å². The van der Waals surface area contributed by atoms with Crippen molar-refractivity contribution in [3.8, 4) is 0 Å². The van der Waals surface area contributed by atoms with Gasteiger partial charge in [0.2, 0.25) is 0 Å². The SMILES string of the molecule is [CH2-]C1C=Cc2ccccc21.[CH2-]C1C=Cc2ccccc21.[Cl][Zr+2][Cl]. The monoisotopic (exact) mass is 418 g/mol. The van der Waals surface area contributed by atoms with E-state index in [1.165, 1.54) is 22.3 Å². The second-order valence-electron chi connectivity index (χ2n) is 5.26. The summed E-state index contributed by atoms with van der Waals surface area (Å²) in [6.07, 6.45) is 8.52. The van der Waals surface area contributed by atoms with Gasteiger partial charge in [-0.15, -0.1) is 24.0 Å². The molecule has 0 radical (unpaired) electrons. The normalized spacial score (nSPS) is 18.8. The number of fused-ring (bicyclic) bond motifs is 2. The van der Waals surface area contributed by atoms with Gasteiger partial charge < -0.3 is 13.8 Å². The quantitative estimate of drug-likeness (QED) is 0.419. The van der Waals surface area contributed by atoms with Gasteiger partial charge in [-0.05, 0) is 11.1 Å². The predicted octanol–water partition coefficient (Wildman–Crippen LogP) is 6.64. The van der Waals surface area contributed by atoms with E-state index in [0.717, 1.165) is 0 Å². The molecule has 0 aliphatic heterocycles. The summed E-state index contributed by atoms with van der Waals surface area (Å²) in [6, 6.07) is 16.7. The Bertz CT molecular complexity index is 632. The van der Waals surface area contributed by atoms with Crippen molar-refractivity contribution in [2.45, 2.75) is 11.8 Å². The number of allylic oxidation sites excluding steroid dienone is 2. The molecule has 2 unspecified atom stereocenters. The number of benzene rings is 2.